The van der Waals surface area contributed by atoms with Crippen molar-refractivity contribution in [3.05, 3.63) is 6.92 Å². The van der Waals surface area contributed by atoms with Gasteiger partial charge in [0.15, 0.2) is 0 Å². The Labute approximate surface area is 78.8 Å². The molecule has 12 heavy (non-hydrogen) atoms. The van der Waals surface area contributed by atoms with Gasteiger partial charge in [-0.1, -0.05) is 48.0 Å². The van der Waals surface area contributed by atoms with Gasteiger partial charge in [0, 0.05) is 0 Å². The van der Waals surface area contributed by atoms with Crippen molar-refractivity contribution in [3.63, 3.8) is 0 Å². The van der Waals surface area contributed by atoms with Gasteiger partial charge in [-0.25, -0.2) is 0 Å². The summed E-state index contributed by atoms with van der Waals surface area (Å²) in [6, 6.07) is 0. The first-order valence-corrected chi connectivity index (χ1v) is 5.20. The van der Waals surface area contributed by atoms with Crippen molar-refractivity contribution in [2.75, 3.05) is 0 Å². The summed E-state index contributed by atoms with van der Waals surface area (Å²) in [6.45, 7) is 15.6. The van der Waals surface area contributed by atoms with E-state index in [0.717, 1.165) is 5.92 Å². The van der Waals surface area contributed by atoms with Crippen molar-refractivity contribution in [2.24, 2.45) is 17.3 Å². The zero-order chi connectivity index (χ0) is 9.78. The predicted octanol–water partition coefficient (Wildman–Crippen LogP) is 4.31. The Hall–Kier alpha value is 0. The van der Waals surface area contributed by atoms with Gasteiger partial charge in [0.1, 0.15) is 0 Å². The Morgan fingerprint density at radius 3 is 2.00 bits per heavy atom. The van der Waals surface area contributed by atoms with Crippen LogP contribution in [0.3, 0.4) is 0 Å². The summed E-state index contributed by atoms with van der Waals surface area (Å²) < 4.78 is 0. The van der Waals surface area contributed by atoms with Gasteiger partial charge in [-0.3, -0.25) is 0 Å². The highest BCUT2D eigenvalue weighted by atomic mass is 14.3. The molecular weight excluding hydrogens is 144 g/mol. The van der Waals surface area contributed by atoms with E-state index in [1.165, 1.54) is 19.3 Å². The van der Waals surface area contributed by atoms with Gasteiger partial charge in [-0.2, -0.15) is 0 Å². The molecule has 2 unspecified atom stereocenters. The molecule has 0 aliphatic heterocycles. The van der Waals surface area contributed by atoms with E-state index < -0.39 is 0 Å². The maximum atomic E-state index is 4.06. The molecule has 0 aliphatic carbocycles. The van der Waals surface area contributed by atoms with Crippen LogP contribution in [0.1, 0.15) is 53.9 Å². The molecule has 0 fully saturated rings. The second-order valence-corrected chi connectivity index (χ2v) is 5.19. The van der Waals surface area contributed by atoms with E-state index >= 15 is 0 Å². The molecule has 0 nitrogen and oxygen atoms in total. The lowest BCUT2D eigenvalue weighted by atomic mass is 9.77. The molecule has 2 atom stereocenters. The van der Waals surface area contributed by atoms with E-state index in [1.807, 2.05) is 0 Å². The summed E-state index contributed by atoms with van der Waals surface area (Å²) in [6.07, 6.45) is 3.88. The Kier molecular flexibility index (Phi) is 4.89. The molecule has 0 aromatic carbocycles. The average molecular weight is 169 g/mol. The SMILES string of the molecule is [CH2]C(C)CC(C)(C)CC(C)CC. The summed E-state index contributed by atoms with van der Waals surface area (Å²) in [5.74, 6) is 1.45. The van der Waals surface area contributed by atoms with E-state index in [2.05, 4.69) is 41.5 Å². The first-order chi connectivity index (χ1) is 5.37. The smallest absolute Gasteiger partial charge is 0.0349 e. The summed E-state index contributed by atoms with van der Waals surface area (Å²) in [4.78, 5) is 0. The second kappa shape index (κ2) is 4.89. The van der Waals surface area contributed by atoms with Gasteiger partial charge in [-0.05, 0) is 30.1 Å². The van der Waals surface area contributed by atoms with Crippen LogP contribution in [0.5, 0.6) is 0 Å². The Morgan fingerprint density at radius 1 is 1.17 bits per heavy atom. The van der Waals surface area contributed by atoms with Crippen molar-refractivity contribution < 1.29 is 0 Å². The summed E-state index contributed by atoms with van der Waals surface area (Å²) in [5.41, 5.74) is 0.483. The van der Waals surface area contributed by atoms with Gasteiger partial charge in [0.05, 0.1) is 0 Å². The molecule has 0 spiro atoms. The first-order valence-electron chi connectivity index (χ1n) is 5.20. The van der Waals surface area contributed by atoms with Crippen molar-refractivity contribution in [2.45, 2.75) is 53.9 Å². The standard InChI is InChI=1S/C12H25/c1-7-11(4)9-12(5,6)8-10(2)3/h10-11H,2,7-9H2,1,3-6H3. The molecule has 0 saturated carbocycles. The van der Waals surface area contributed by atoms with E-state index in [0.29, 0.717) is 11.3 Å². The highest BCUT2D eigenvalue weighted by Gasteiger charge is 2.21. The lowest BCUT2D eigenvalue weighted by molar-refractivity contribution is 0.231. The fraction of sp³-hybridized carbons (Fsp3) is 0.917. The number of rotatable bonds is 5. The van der Waals surface area contributed by atoms with Gasteiger partial charge in [0.25, 0.3) is 0 Å². The Morgan fingerprint density at radius 2 is 1.67 bits per heavy atom. The zero-order valence-corrected chi connectivity index (χ0v) is 9.48. The summed E-state index contributed by atoms with van der Waals surface area (Å²) in [5, 5.41) is 0. The van der Waals surface area contributed by atoms with E-state index in [4.69, 9.17) is 0 Å². The summed E-state index contributed by atoms with van der Waals surface area (Å²) in [7, 11) is 0. The minimum Gasteiger partial charge on any atom is -0.0651 e. The van der Waals surface area contributed by atoms with Gasteiger partial charge < -0.3 is 0 Å². The molecule has 0 heterocycles. The minimum absolute atomic E-state index is 0.483. The molecule has 0 heteroatoms. The summed E-state index contributed by atoms with van der Waals surface area (Å²) >= 11 is 0. The molecule has 1 radical (unpaired) electrons. The lowest BCUT2D eigenvalue weighted by Crippen LogP contribution is -2.17. The minimum atomic E-state index is 0.483. The fourth-order valence-corrected chi connectivity index (χ4v) is 2.11. The largest absolute Gasteiger partial charge is 0.0651 e. The molecule has 0 bridgehead atoms. The van der Waals surface area contributed by atoms with Crippen LogP contribution < -0.4 is 0 Å². The maximum Gasteiger partial charge on any atom is -0.0349 e. The third kappa shape index (κ3) is 5.62. The van der Waals surface area contributed by atoms with Gasteiger partial charge in [-0.15, -0.1) is 0 Å². The van der Waals surface area contributed by atoms with Gasteiger partial charge >= 0.3 is 0 Å². The Balaban J connectivity index is 3.85. The van der Waals surface area contributed by atoms with Crippen LogP contribution >= 0.6 is 0 Å². The molecule has 0 saturated heterocycles. The molecule has 0 rings (SSSR count). The predicted molar refractivity (Wildman–Crippen MR) is 57.0 cm³/mol. The molecule has 0 N–H and O–H groups in total. The maximum absolute atomic E-state index is 4.06. The number of hydrogen-bond acceptors (Lipinski definition) is 0. The topological polar surface area (TPSA) is 0 Å². The first kappa shape index (κ1) is 12.0. The van der Waals surface area contributed by atoms with Gasteiger partial charge in [0.2, 0.25) is 0 Å². The van der Waals surface area contributed by atoms with Crippen LogP contribution in [0.25, 0.3) is 0 Å². The lowest BCUT2D eigenvalue weighted by Gasteiger charge is -2.29. The molecule has 0 amide bonds. The van der Waals surface area contributed by atoms with Crippen LogP contribution in [0.15, 0.2) is 0 Å². The van der Waals surface area contributed by atoms with Crippen molar-refractivity contribution in [1.29, 1.82) is 0 Å². The molecular formula is C12H25. The van der Waals surface area contributed by atoms with Crippen LogP contribution in [-0.4, -0.2) is 0 Å². The van der Waals surface area contributed by atoms with Crippen molar-refractivity contribution in [3.8, 4) is 0 Å². The molecule has 73 valence electrons. The second-order valence-electron chi connectivity index (χ2n) is 5.19. The highest BCUT2D eigenvalue weighted by molar-refractivity contribution is 4.74. The van der Waals surface area contributed by atoms with Crippen LogP contribution in [-0.2, 0) is 0 Å². The fourth-order valence-electron chi connectivity index (χ4n) is 2.11. The molecule has 0 aromatic rings. The number of hydrogen-bond donors (Lipinski definition) is 0. The quantitative estimate of drug-likeness (QED) is 0.575. The zero-order valence-electron chi connectivity index (χ0n) is 9.48. The van der Waals surface area contributed by atoms with Crippen LogP contribution in [0.2, 0.25) is 0 Å². The van der Waals surface area contributed by atoms with E-state index in [-0.39, 0.29) is 0 Å². The normalized spacial score (nSPS) is 15.2. The van der Waals surface area contributed by atoms with E-state index in [9.17, 15) is 0 Å². The molecule has 0 aliphatic rings. The van der Waals surface area contributed by atoms with Crippen molar-refractivity contribution >= 4 is 0 Å². The van der Waals surface area contributed by atoms with Crippen LogP contribution in [0.4, 0.5) is 0 Å². The average Bonchev–Trinajstić information content (AvgIpc) is 1.83. The third-order valence-electron chi connectivity index (χ3n) is 2.50. The third-order valence-corrected chi connectivity index (χ3v) is 2.50. The van der Waals surface area contributed by atoms with Crippen molar-refractivity contribution in [1.82, 2.24) is 0 Å². The van der Waals surface area contributed by atoms with Crippen LogP contribution in [0, 0.1) is 24.2 Å². The van der Waals surface area contributed by atoms with E-state index in [1.54, 1.807) is 0 Å². The monoisotopic (exact) mass is 169 g/mol. The highest BCUT2D eigenvalue weighted by Crippen LogP contribution is 2.33. The Bertz CT molecular complexity index is 111. The molecule has 0 aromatic heterocycles.